The monoisotopic (exact) mass is 369 g/mol. The zero-order valence-corrected chi connectivity index (χ0v) is 16.0. The lowest BCUT2D eigenvalue weighted by molar-refractivity contribution is 0.185. The number of thiophene rings is 1. The Morgan fingerprint density at radius 2 is 1.73 bits per heavy atom. The molecule has 0 radical (unpaired) electrons. The van der Waals surface area contributed by atoms with Gasteiger partial charge in [0.15, 0.2) is 0 Å². The molecule has 2 aromatic rings. The molecule has 1 aliphatic carbocycles. The zero-order valence-electron chi connectivity index (χ0n) is 15.1. The average molecular weight is 370 g/mol. The van der Waals surface area contributed by atoms with E-state index in [0.717, 1.165) is 26.2 Å². The van der Waals surface area contributed by atoms with Crippen molar-refractivity contribution in [3.63, 3.8) is 0 Å². The van der Waals surface area contributed by atoms with Crippen molar-refractivity contribution < 1.29 is 4.79 Å². The van der Waals surface area contributed by atoms with Crippen molar-refractivity contribution in [1.82, 2.24) is 10.2 Å². The maximum Gasteiger partial charge on any atom is 0.318 e. The van der Waals surface area contributed by atoms with E-state index in [1.807, 2.05) is 11.0 Å². The van der Waals surface area contributed by atoms with Gasteiger partial charge >= 0.3 is 6.03 Å². The molecule has 26 heavy (non-hydrogen) atoms. The third-order valence-corrected chi connectivity index (χ3v) is 6.64. The minimum Gasteiger partial charge on any atom is -0.368 e. The van der Waals surface area contributed by atoms with Gasteiger partial charge in [-0.05, 0) is 42.3 Å². The summed E-state index contributed by atoms with van der Waals surface area (Å²) in [5.41, 5.74) is 1.25. The minimum atomic E-state index is 0.100. The SMILES string of the molecule is O=C(NC(c1cccs1)C1CCCC1)N1CCN(c2ccccc2)CC1. The van der Waals surface area contributed by atoms with E-state index in [-0.39, 0.29) is 12.1 Å². The van der Waals surface area contributed by atoms with Gasteiger partial charge in [-0.2, -0.15) is 0 Å². The van der Waals surface area contributed by atoms with E-state index in [2.05, 4.69) is 52.0 Å². The average Bonchev–Trinajstić information content (AvgIpc) is 3.41. The first kappa shape index (κ1) is 17.4. The number of anilines is 1. The fourth-order valence-corrected chi connectivity index (χ4v) is 5.08. The molecule has 2 amide bonds. The number of carbonyl (C=O) groups is 1. The van der Waals surface area contributed by atoms with Crippen molar-refractivity contribution in [1.29, 1.82) is 0 Å². The van der Waals surface area contributed by atoms with Gasteiger partial charge in [0.05, 0.1) is 6.04 Å². The van der Waals surface area contributed by atoms with E-state index in [1.54, 1.807) is 11.3 Å². The van der Waals surface area contributed by atoms with Crippen molar-refractivity contribution in [3.05, 3.63) is 52.7 Å². The van der Waals surface area contributed by atoms with E-state index in [4.69, 9.17) is 0 Å². The first-order valence-electron chi connectivity index (χ1n) is 9.70. The minimum absolute atomic E-state index is 0.100. The van der Waals surface area contributed by atoms with Crippen LogP contribution in [0.4, 0.5) is 10.5 Å². The first-order chi connectivity index (χ1) is 12.8. The number of piperazine rings is 1. The highest BCUT2D eigenvalue weighted by atomic mass is 32.1. The Morgan fingerprint density at radius 1 is 1.00 bits per heavy atom. The van der Waals surface area contributed by atoms with Crippen LogP contribution in [-0.4, -0.2) is 37.1 Å². The second-order valence-corrected chi connectivity index (χ2v) is 8.28. The van der Waals surface area contributed by atoms with Crippen LogP contribution in [0.25, 0.3) is 0 Å². The number of benzene rings is 1. The Balaban J connectivity index is 1.37. The summed E-state index contributed by atoms with van der Waals surface area (Å²) in [4.78, 5) is 18.5. The molecule has 1 saturated heterocycles. The highest BCUT2D eigenvalue weighted by Crippen LogP contribution is 2.37. The van der Waals surface area contributed by atoms with Gasteiger partial charge in [0.2, 0.25) is 0 Å². The van der Waals surface area contributed by atoms with E-state index < -0.39 is 0 Å². The molecule has 1 aromatic carbocycles. The van der Waals surface area contributed by atoms with Crippen LogP contribution in [0.15, 0.2) is 47.8 Å². The van der Waals surface area contributed by atoms with Crippen LogP contribution in [-0.2, 0) is 0 Å². The Labute approximate surface area is 159 Å². The van der Waals surface area contributed by atoms with Crippen LogP contribution >= 0.6 is 11.3 Å². The molecule has 1 aromatic heterocycles. The molecule has 1 saturated carbocycles. The third kappa shape index (κ3) is 3.88. The van der Waals surface area contributed by atoms with Crippen molar-refractivity contribution in [2.45, 2.75) is 31.7 Å². The Hall–Kier alpha value is -2.01. The lowest BCUT2D eigenvalue weighted by atomic mass is 9.97. The highest BCUT2D eigenvalue weighted by Gasteiger charge is 2.30. The van der Waals surface area contributed by atoms with Crippen LogP contribution in [0, 0.1) is 5.92 Å². The van der Waals surface area contributed by atoms with Crippen molar-refractivity contribution >= 4 is 23.1 Å². The standard InChI is InChI=1S/C21H27N3OS/c25-21(22-20(17-7-4-5-8-17)19-11-6-16-26-19)24-14-12-23(13-15-24)18-9-2-1-3-10-18/h1-3,6,9-11,16-17,20H,4-5,7-8,12-15H2,(H,22,25). The number of rotatable bonds is 4. The molecule has 0 bridgehead atoms. The molecular weight excluding hydrogens is 342 g/mol. The zero-order chi connectivity index (χ0) is 17.8. The Bertz CT molecular complexity index is 689. The van der Waals surface area contributed by atoms with E-state index in [9.17, 15) is 4.79 Å². The maximum atomic E-state index is 12.9. The number of urea groups is 1. The summed E-state index contributed by atoms with van der Waals surface area (Å²) in [6.07, 6.45) is 5.03. The molecule has 2 heterocycles. The largest absolute Gasteiger partial charge is 0.368 e. The summed E-state index contributed by atoms with van der Waals surface area (Å²) < 4.78 is 0. The predicted molar refractivity (Wildman–Crippen MR) is 108 cm³/mol. The Morgan fingerprint density at radius 3 is 2.38 bits per heavy atom. The fraction of sp³-hybridized carbons (Fsp3) is 0.476. The van der Waals surface area contributed by atoms with E-state index in [0.29, 0.717) is 5.92 Å². The van der Waals surface area contributed by atoms with Crippen molar-refractivity contribution in [2.75, 3.05) is 31.1 Å². The van der Waals surface area contributed by atoms with Gasteiger partial charge < -0.3 is 15.1 Å². The van der Waals surface area contributed by atoms with Gasteiger partial charge in [-0.1, -0.05) is 37.1 Å². The number of hydrogen-bond acceptors (Lipinski definition) is 3. The number of nitrogens with one attached hydrogen (secondary N) is 1. The number of carbonyl (C=O) groups excluding carboxylic acids is 1. The van der Waals surface area contributed by atoms with Crippen molar-refractivity contribution in [2.24, 2.45) is 5.92 Å². The number of nitrogens with zero attached hydrogens (tertiary/aromatic N) is 2. The van der Waals surface area contributed by atoms with Gasteiger partial charge in [-0.3, -0.25) is 0 Å². The summed E-state index contributed by atoms with van der Waals surface area (Å²) in [7, 11) is 0. The lowest BCUT2D eigenvalue weighted by Crippen LogP contribution is -2.52. The van der Waals surface area contributed by atoms with Crippen molar-refractivity contribution in [3.8, 4) is 0 Å². The summed E-state index contributed by atoms with van der Waals surface area (Å²) in [5, 5.41) is 5.48. The molecule has 1 N–H and O–H groups in total. The molecule has 1 unspecified atom stereocenters. The molecule has 2 fully saturated rings. The quantitative estimate of drug-likeness (QED) is 0.860. The normalized spacial score (nSPS) is 19.5. The summed E-state index contributed by atoms with van der Waals surface area (Å²) in [6.45, 7) is 3.35. The van der Waals surface area contributed by atoms with Gasteiger partial charge in [0.25, 0.3) is 0 Å². The second-order valence-electron chi connectivity index (χ2n) is 7.30. The maximum absolute atomic E-state index is 12.9. The van der Waals surface area contributed by atoms with Gasteiger partial charge in [0.1, 0.15) is 0 Å². The molecule has 0 spiro atoms. The van der Waals surface area contributed by atoms with E-state index in [1.165, 1.54) is 36.2 Å². The fourth-order valence-electron chi connectivity index (χ4n) is 4.21. The number of para-hydroxylation sites is 1. The lowest BCUT2D eigenvalue weighted by Gasteiger charge is -2.37. The highest BCUT2D eigenvalue weighted by molar-refractivity contribution is 7.10. The molecular formula is C21H27N3OS. The van der Waals surface area contributed by atoms with Crippen LogP contribution in [0.1, 0.15) is 36.6 Å². The van der Waals surface area contributed by atoms with Crippen LogP contribution in [0.2, 0.25) is 0 Å². The third-order valence-electron chi connectivity index (χ3n) is 5.69. The summed E-state index contributed by atoms with van der Waals surface area (Å²) in [6, 6.07) is 15.0. The predicted octanol–water partition coefficient (Wildman–Crippen LogP) is 4.51. The van der Waals surface area contributed by atoms with Crippen LogP contribution in [0.5, 0.6) is 0 Å². The Kier molecular flexibility index (Phi) is 5.44. The van der Waals surface area contributed by atoms with Gasteiger partial charge in [-0.15, -0.1) is 11.3 Å². The van der Waals surface area contributed by atoms with Gasteiger partial charge in [0, 0.05) is 36.7 Å². The molecule has 4 rings (SSSR count). The number of amides is 2. The summed E-state index contributed by atoms with van der Waals surface area (Å²) >= 11 is 1.76. The van der Waals surface area contributed by atoms with Crippen LogP contribution < -0.4 is 10.2 Å². The van der Waals surface area contributed by atoms with Crippen LogP contribution in [0.3, 0.4) is 0 Å². The molecule has 1 atom stereocenters. The molecule has 5 heteroatoms. The molecule has 138 valence electrons. The van der Waals surface area contributed by atoms with Gasteiger partial charge in [-0.25, -0.2) is 4.79 Å². The molecule has 4 nitrogen and oxygen atoms in total. The molecule has 1 aliphatic heterocycles. The summed E-state index contributed by atoms with van der Waals surface area (Å²) in [5.74, 6) is 0.586. The number of hydrogen-bond donors (Lipinski definition) is 1. The van der Waals surface area contributed by atoms with E-state index >= 15 is 0 Å². The topological polar surface area (TPSA) is 35.6 Å². The first-order valence-corrected chi connectivity index (χ1v) is 10.6. The molecule has 2 aliphatic rings. The second kappa shape index (κ2) is 8.12. The smallest absolute Gasteiger partial charge is 0.318 e.